The number of rotatable bonds is 6. The second kappa shape index (κ2) is 8.70. The molecule has 4 heteroatoms. The van der Waals surface area contributed by atoms with E-state index in [1.165, 1.54) is 21.6 Å². The van der Waals surface area contributed by atoms with Gasteiger partial charge in [-0.1, -0.05) is 48.5 Å². The van der Waals surface area contributed by atoms with Crippen LogP contribution in [0.2, 0.25) is 0 Å². The smallest absolute Gasteiger partial charge is 0.124 e. The van der Waals surface area contributed by atoms with Crippen molar-refractivity contribution < 1.29 is 4.74 Å². The molecule has 2 heterocycles. The van der Waals surface area contributed by atoms with Crippen molar-refractivity contribution in [2.75, 3.05) is 26.2 Å². The van der Waals surface area contributed by atoms with Crippen molar-refractivity contribution in [1.82, 2.24) is 10.2 Å². The lowest BCUT2D eigenvalue weighted by Crippen LogP contribution is -2.45. The predicted molar refractivity (Wildman–Crippen MR) is 113 cm³/mol. The molecule has 3 nitrogen and oxygen atoms in total. The maximum absolute atomic E-state index is 6.29. The van der Waals surface area contributed by atoms with Crippen LogP contribution in [0.4, 0.5) is 0 Å². The van der Waals surface area contributed by atoms with Crippen LogP contribution in [0.15, 0.2) is 66.0 Å². The number of para-hydroxylation sites is 1. The molecule has 0 saturated carbocycles. The minimum Gasteiger partial charge on any atom is -0.489 e. The Morgan fingerprint density at radius 2 is 1.78 bits per heavy atom. The summed E-state index contributed by atoms with van der Waals surface area (Å²) in [6.07, 6.45) is 0. The number of benzene rings is 2. The molecule has 1 atom stereocenters. The molecule has 1 aromatic heterocycles. The van der Waals surface area contributed by atoms with Crippen LogP contribution in [-0.4, -0.2) is 31.1 Å². The highest BCUT2D eigenvalue weighted by Gasteiger charge is 2.27. The number of piperazine rings is 1. The second-order valence-corrected chi connectivity index (χ2v) is 7.97. The van der Waals surface area contributed by atoms with E-state index in [-0.39, 0.29) is 6.04 Å². The van der Waals surface area contributed by atoms with Crippen molar-refractivity contribution >= 4 is 11.3 Å². The van der Waals surface area contributed by atoms with E-state index in [9.17, 15) is 0 Å². The number of thiophene rings is 1. The summed E-state index contributed by atoms with van der Waals surface area (Å²) in [5.41, 5.74) is 3.79. The Morgan fingerprint density at radius 1 is 1.04 bits per heavy atom. The zero-order valence-corrected chi connectivity index (χ0v) is 16.5. The van der Waals surface area contributed by atoms with Crippen molar-refractivity contribution in [3.63, 3.8) is 0 Å². The molecule has 0 amide bonds. The van der Waals surface area contributed by atoms with Crippen LogP contribution < -0.4 is 10.1 Å². The molecule has 1 unspecified atom stereocenters. The first-order chi connectivity index (χ1) is 13.3. The lowest BCUT2D eigenvalue weighted by Gasteiger charge is -2.35. The molecule has 1 saturated heterocycles. The first-order valence-electron chi connectivity index (χ1n) is 9.57. The molecule has 1 aliphatic heterocycles. The van der Waals surface area contributed by atoms with Gasteiger partial charge in [-0.3, -0.25) is 4.90 Å². The maximum Gasteiger partial charge on any atom is 0.124 e. The van der Waals surface area contributed by atoms with E-state index >= 15 is 0 Å². The molecule has 0 radical (unpaired) electrons. The Bertz CT molecular complexity index is 856. The van der Waals surface area contributed by atoms with Crippen LogP contribution in [-0.2, 0) is 6.61 Å². The van der Waals surface area contributed by atoms with Crippen LogP contribution >= 0.6 is 11.3 Å². The number of ether oxygens (including phenoxy) is 1. The van der Waals surface area contributed by atoms with Gasteiger partial charge < -0.3 is 10.1 Å². The highest BCUT2D eigenvalue weighted by atomic mass is 32.1. The fourth-order valence-electron chi connectivity index (χ4n) is 3.64. The zero-order valence-electron chi connectivity index (χ0n) is 15.7. The monoisotopic (exact) mass is 378 g/mol. The average molecular weight is 379 g/mol. The van der Waals surface area contributed by atoms with Gasteiger partial charge in [0.25, 0.3) is 0 Å². The van der Waals surface area contributed by atoms with Gasteiger partial charge in [0, 0.05) is 36.6 Å². The second-order valence-electron chi connectivity index (χ2n) is 7.03. The topological polar surface area (TPSA) is 24.5 Å². The lowest BCUT2D eigenvalue weighted by atomic mass is 10.0. The molecule has 27 heavy (non-hydrogen) atoms. The molecule has 1 fully saturated rings. The van der Waals surface area contributed by atoms with E-state index in [4.69, 9.17) is 4.74 Å². The molecule has 3 aromatic rings. The van der Waals surface area contributed by atoms with Crippen molar-refractivity contribution in [3.05, 3.63) is 87.6 Å². The summed E-state index contributed by atoms with van der Waals surface area (Å²) in [5.74, 6) is 0.982. The van der Waals surface area contributed by atoms with Crippen molar-refractivity contribution in [1.29, 1.82) is 0 Å². The third-order valence-corrected chi connectivity index (χ3v) is 6.09. The maximum atomic E-state index is 6.29. The average Bonchev–Trinajstić information content (AvgIpc) is 3.15. The normalized spacial score (nSPS) is 16.2. The van der Waals surface area contributed by atoms with Gasteiger partial charge in [0.2, 0.25) is 0 Å². The first-order valence-corrected chi connectivity index (χ1v) is 10.4. The number of nitrogens with one attached hydrogen (secondary N) is 1. The Labute approximate surface area is 165 Å². The van der Waals surface area contributed by atoms with Crippen molar-refractivity contribution in [2.45, 2.75) is 19.6 Å². The van der Waals surface area contributed by atoms with Gasteiger partial charge in [-0.15, -0.1) is 11.3 Å². The Hall–Kier alpha value is -2.14. The van der Waals surface area contributed by atoms with E-state index in [1.54, 1.807) is 0 Å². The molecule has 0 spiro atoms. The van der Waals surface area contributed by atoms with Gasteiger partial charge in [-0.25, -0.2) is 0 Å². The Morgan fingerprint density at radius 3 is 2.52 bits per heavy atom. The highest BCUT2D eigenvalue weighted by molar-refractivity contribution is 7.10. The Balaban J connectivity index is 1.65. The fourth-order valence-corrected chi connectivity index (χ4v) is 4.69. The zero-order chi connectivity index (χ0) is 18.5. The van der Waals surface area contributed by atoms with Gasteiger partial charge >= 0.3 is 0 Å². The van der Waals surface area contributed by atoms with Crippen LogP contribution in [0.1, 0.15) is 27.6 Å². The van der Waals surface area contributed by atoms with Crippen LogP contribution in [0.5, 0.6) is 5.75 Å². The SMILES string of the molecule is Cc1csc(C(c2ccccc2OCc2ccccc2)N2CCNCC2)c1. The van der Waals surface area contributed by atoms with Gasteiger partial charge in [0.15, 0.2) is 0 Å². The van der Waals surface area contributed by atoms with Crippen molar-refractivity contribution in [2.24, 2.45) is 0 Å². The third kappa shape index (κ3) is 4.41. The summed E-state index contributed by atoms with van der Waals surface area (Å²) in [5, 5.41) is 5.72. The van der Waals surface area contributed by atoms with Crippen molar-refractivity contribution in [3.8, 4) is 5.75 Å². The van der Waals surface area contributed by atoms with Crippen LogP contribution in [0.3, 0.4) is 0 Å². The lowest BCUT2D eigenvalue weighted by molar-refractivity contribution is 0.195. The highest BCUT2D eigenvalue weighted by Crippen LogP contribution is 2.38. The molecule has 1 aliphatic rings. The number of hydrogen-bond donors (Lipinski definition) is 1. The van der Waals surface area contributed by atoms with E-state index in [0.29, 0.717) is 6.61 Å². The summed E-state index contributed by atoms with van der Waals surface area (Å²) in [6, 6.07) is 21.5. The molecule has 0 aliphatic carbocycles. The van der Waals surface area contributed by atoms with Crippen LogP contribution in [0, 0.1) is 6.92 Å². The van der Waals surface area contributed by atoms with E-state index in [0.717, 1.165) is 31.9 Å². The van der Waals surface area contributed by atoms with Gasteiger partial charge in [-0.2, -0.15) is 0 Å². The quantitative estimate of drug-likeness (QED) is 0.677. The van der Waals surface area contributed by atoms with E-state index in [1.807, 2.05) is 17.4 Å². The molecular formula is C23H26N2OS. The summed E-state index contributed by atoms with van der Waals surface area (Å²) in [7, 11) is 0. The van der Waals surface area contributed by atoms with Gasteiger partial charge in [0.1, 0.15) is 12.4 Å². The third-order valence-electron chi connectivity index (χ3n) is 4.99. The Kier molecular flexibility index (Phi) is 5.87. The van der Waals surface area contributed by atoms with Gasteiger partial charge in [0.05, 0.1) is 6.04 Å². The summed E-state index contributed by atoms with van der Waals surface area (Å²) in [6.45, 7) is 6.94. The van der Waals surface area contributed by atoms with E-state index in [2.05, 4.69) is 77.1 Å². The number of aryl methyl sites for hydroxylation is 1. The first kappa shape index (κ1) is 18.2. The fraction of sp³-hybridized carbons (Fsp3) is 0.304. The summed E-state index contributed by atoms with van der Waals surface area (Å²) in [4.78, 5) is 3.97. The predicted octanol–water partition coefficient (Wildman–Crippen LogP) is 4.63. The van der Waals surface area contributed by atoms with Gasteiger partial charge in [-0.05, 0) is 35.6 Å². The molecule has 1 N–H and O–H groups in total. The standard InChI is InChI=1S/C23H26N2OS/c1-18-15-22(27-17-18)23(25-13-11-24-12-14-25)20-9-5-6-10-21(20)26-16-19-7-3-2-4-8-19/h2-10,15,17,23-24H,11-14,16H2,1H3. The largest absolute Gasteiger partial charge is 0.489 e. The molecular weight excluding hydrogens is 352 g/mol. The molecule has 140 valence electrons. The summed E-state index contributed by atoms with van der Waals surface area (Å²) < 4.78 is 6.29. The van der Waals surface area contributed by atoms with E-state index < -0.39 is 0 Å². The number of nitrogens with zero attached hydrogens (tertiary/aromatic N) is 1. The molecule has 2 aromatic carbocycles. The summed E-state index contributed by atoms with van der Waals surface area (Å²) >= 11 is 1.85. The van der Waals surface area contributed by atoms with Crippen LogP contribution in [0.25, 0.3) is 0 Å². The minimum absolute atomic E-state index is 0.248. The molecule has 0 bridgehead atoms. The minimum atomic E-state index is 0.248. The molecule has 4 rings (SSSR count). The number of hydrogen-bond acceptors (Lipinski definition) is 4.